The molecule has 0 spiro atoms. The molecule has 0 aliphatic carbocycles. The summed E-state index contributed by atoms with van der Waals surface area (Å²) in [6, 6.07) is 7.93. The van der Waals surface area contributed by atoms with E-state index in [1.165, 1.54) is 5.56 Å². The third-order valence-electron chi connectivity index (χ3n) is 3.60. The summed E-state index contributed by atoms with van der Waals surface area (Å²) >= 11 is 0. The van der Waals surface area contributed by atoms with Crippen molar-refractivity contribution in [1.82, 2.24) is 10.2 Å². The summed E-state index contributed by atoms with van der Waals surface area (Å²) in [5.74, 6) is -0.908. The Morgan fingerprint density at radius 2 is 2.05 bits per heavy atom. The molecule has 1 aliphatic rings. The van der Waals surface area contributed by atoms with Crippen molar-refractivity contribution in [3.8, 4) is 0 Å². The van der Waals surface area contributed by atoms with Gasteiger partial charge in [0.25, 0.3) is 0 Å². The molecule has 0 atom stereocenters. The van der Waals surface area contributed by atoms with Gasteiger partial charge in [-0.05, 0) is 11.1 Å². The van der Waals surface area contributed by atoms with Gasteiger partial charge in [-0.15, -0.1) is 0 Å². The summed E-state index contributed by atoms with van der Waals surface area (Å²) in [5.41, 5.74) is 2.32. The minimum atomic E-state index is -0.908. The molecule has 0 saturated carbocycles. The first-order valence-electron chi connectivity index (χ1n) is 6.73. The van der Waals surface area contributed by atoms with Crippen LogP contribution in [0.2, 0.25) is 0 Å². The molecule has 0 bridgehead atoms. The van der Waals surface area contributed by atoms with Gasteiger partial charge in [-0.25, -0.2) is 4.79 Å². The van der Waals surface area contributed by atoms with E-state index in [9.17, 15) is 9.59 Å². The second-order valence-corrected chi connectivity index (χ2v) is 5.77. The number of hydrogen-bond donors (Lipinski definition) is 2. The van der Waals surface area contributed by atoms with Crippen molar-refractivity contribution >= 4 is 12.0 Å². The minimum Gasteiger partial charge on any atom is -0.481 e. The van der Waals surface area contributed by atoms with E-state index in [-0.39, 0.29) is 24.4 Å². The monoisotopic (exact) mass is 276 g/mol. The van der Waals surface area contributed by atoms with Crippen LogP contribution in [0.3, 0.4) is 0 Å². The van der Waals surface area contributed by atoms with Crippen LogP contribution < -0.4 is 5.32 Å². The van der Waals surface area contributed by atoms with Crippen LogP contribution >= 0.6 is 0 Å². The van der Waals surface area contributed by atoms with Gasteiger partial charge in [-0.3, -0.25) is 4.79 Å². The zero-order chi connectivity index (χ0) is 14.8. The van der Waals surface area contributed by atoms with E-state index in [0.717, 1.165) is 5.56 Å². The molecule has 5 nitrogen and oxygen atoms in total. The second-order valence-electron chi connectivity index (χ2n) is 5.77. The average molecular weight is 276 g/mol. The van der Waals surface area contributed by atoms with Gasteiger partial charge in [0.2, 0.25) is 0 Å². The highest BCUT2D eigenvalue weighted by molar-refractivity contribution is 5.76. The number of nitrogens with one attached hydrogen (secondary N) is 1. The van der Waals surface area contributed by atoms with Gasteiger partial charge in [0.1, 0.15) is 0 Å². The van der Waals surface area contributed by atoms with E-state index < -0.39 is 5.97 Å². The fourth-order valence-corrected chi connectivity index (χ4v) is 2.67. The number of nitrogens with zero attached hydrogens (tertiary/aromatic N) is 1. The standard InChI is InChI=1S/C15H20N2O3/c1-15(2)10-17(14(20)16-8-7-13(18)19)9-11-5-3-4-6-12(11)15/h3-6H,7-10H2,1-2H3,(H,16,20)(H,18,19). The molecule has 20 heavy (non-hydrogen) atoms. The van der Waals surface area contributed by atoms with Crippen molar-refractivity contribution < 1.29 is 14.7 Å². The van der Waals surface area contributed by atoms with Crippen LogP contribution in [0, 0.1) is 0 Å². The number of urea groups is 1. The normalized spacial score (nSPS) is 16.4. The van der Waals surface area contributed by atoms with Crippen LogP contribution in [0.15, 0.2) is 24.3 Å². The minimum absolute atomic E-state index is 0.0560. The largest absolute Gasteiger partial charge is 0.481 e. The lowest BCUT2D eigenvalue weighted by Gasteiger charge is -2.39. The highest BCUT2D eigenvalue weighted by Crippen LogP contribution is 2.32. The van der Waals surface area contributed by atoms with E-state index in [0.29, 0.717) is 13.1 Å². The number of amides is 2. The van der Waals surface area contributed by atoms with Crippen LogP contribution in [-0.2, 0) is 16.8 Å². The second kappa shape index (κ2) is 5.53. The number of benzene rings is 1. The van der Waals surface area contributed by atoms with Crippen molar-refractivity contribution in [3.63, 3.8) is 0 Å². The first-order valence-corrected chi connectivity index (χ1v) is 6.73. The highest BCUT2D eigenvalue weighted by atomic mass is 16.4. The Balaban J connectivity index is 2.06. The number of carbonyl (C=O) groups is 2. The molecule has 0 unspecified atom stereocenters. The lowest BCUT2D eigenvalue weighted by molar-refractivity contribution is -0.136. The Bertz CT molecular complexity index is 526. The van der Waals surface area contributed by atoms with E-state index in [1.807, 2.05) is 18.2 Å². The van der Waals surface area contributed by atoms with Crippen molar-refractivity contribution in [2.75, 3.05) is 13.1 Å². The number of rotatable bonds is 3. The van der Waals surface area contributed by atoms with Gasteiger partial charge in [0.05, 0.1) is 6.42 Å². The summed E-state index contributed by atoms with van der Waals surface area (Å²) in [5, 5.41) is 11.2. The molecule has 1 aromatic rings. The summed E-state index contributed by atoms with van der Waals surface area (Å²) in [7, 11) is 0. The first kappa shape index (κ1) is 14.4. The Morgan fingerprint density at radius 1 is 1.35 bits per heavy atom. The van der Waals surface area contributed by atoms with Crippen molar-refractivity contribution in [2.24, 2.45) is 0 Å². The molecule has 0 fully saturated rings. The molecular formula is C15H20N2O3. The first-order chi connectivity index (χ1) is 9.40. The topological polar surface area (TPSA) is 69.6 Å². The Kier molecular flexibility index (Phi) is 3.97. The molecule has 1 aromatic carbocycles. The van der Waals surface area contributed by atoms with Crippen LogP contribution in [-0.4, -0.2) is 35.1 Å². The number of carbonyl (C=O) groups excluding carboxylic acids is 1. The SMILES string of the molecule is CC1(C)CN(C(=O)NCCC(=O)O)Cc2ccccc21. The molecule has 108 valence electrons. The fourth-order valence-electron chi connectivity index (χ4n) is 2.67. The number of carboxylic acid groups (broad SMARTS) is 1. The zero-order valence-electron chi connectivity index (χ0n) is 11.8. The van der Waals surface area contributed by atoms with Crippen molar-refractivity contribution in [1.29, 1.82) is 0 Å². The molecular weight excluding hydrogens is 256 g/mol. The summed E-state index contributed by atoms with van der Waals surface area (Å²) in [6.45, 7) is 5.58. The Morgan fingerprint density at radius 3 is 2.75 bits per heavy atom. The lowest BCUT2D eigenvalue weighted by atomic mass is 9.78. The number of hydrogen-bond acceptors (Lipinski definition) is 2. The fraction of sp³-hybridized carbons (Fsp3) is 0.467. The average Bonchev–Trinajstić information content (AvgIpc) is 2.37. The van der Waals surface area contributed by atoms with Crippen LogP contribution in [0.4, 0.5) is 4.79 Å². The van der Waals surface area contributed by atoms with E-state index >= 15 is 0 Å². The predicted octanol–water partition coefficient (Wildman–Crippen LogP) is 1.96. The molecule has 2 amide bonds. The van der Waals surface area contributed by atoms with Gasteiger partial charge >= 0.3 is 12.0 Å². The third kappa shape index (κ3) is 3.10. The molecule has 0 aromatic heterocycles. The van der Waals surface area contributed by atoms with Gasteiger partial charge in [-0.2, -0.15) is 0 Å². The van der Waals surface area contributed by atoms with E-state index in [4.69, 9.17) is 5.11 Å². The molecule has 2 rings (SSSR count). The number of carboxylic acids is 1. The van der Waals surface area contributed by atoms with Gasteiger partial charge in [0.15, 0.2) is 0 Å². The third-order valence-corrected chi connectivity index (χ3v) is 3.60. The molecule has 1 heterocycles. The smallest absolute Gasteiger partial charge is 0.317 e. The number of aliphatic carboxylic acids is 1. The van der Waals surface area contributed by atoms with Crippen molar-refractivity contribution in [2.45, 2.75) is 32.2 Å². The van der Waals surface area contributed by atoms with Crippen LogP contribution in [0.1, 0.15) is 31.4 Å². The van der Waals surface area contributed by atoms with E-state index in [1.54, 1.807) is 4.90 Å². The maximum absolute atomic E-state index is 12.1. The van der Waals surface area contributed by atoms with Crippen LogP contribution in [0.5, 0.6) is 0 Å². The lowest BCUT2D eigenvalue weighted by Crippen LogP contribution is -2.49. The zero-order valence-corrected chi connectivity index (χ0v) is 11.8. The molecule has 0 saturated heterocycles. The quantitative estimate of drug-likeness (QED) is 0.886. The van der Waals surface area contributed by atoms with E-state index in [2.05, 4.69) is 25.2 Å². The summed E-state index contributed by atoms with van der Waals surface area (Å²) in [6.07, 6.45) is -0.0560. The summed E-state index contributed by atoms with van der Waals surface area (Å²) < 4.78 is 0. The van der Waals surface area contributed by atoms with Crippen LogP contribution in [0.25, 0.3) is 0 Å². The molecule has 0 radical (unpaired) electrons. The van der Waals surface area contributed by atoms with Crippen molar-refractivity contribution in [3.05, 3.63) is 35.4 Å². The summed E-state index contributed by atoms with van der Waals surface area (Å²) in [4.78, 5) is 24.3. The molecule has 5 heteroatoms. The maximum Gasteiger partial charge on any atom is 0.317 e. The Hall–Kier alpha value is -2.04. The highest BCUT2D eigenvalue weighted by Gasteiger charge is 2.33. The molecule has 1 aliphatic heterocycles. The number of fused-ring (bicyclic) bond motifs is 1. The van der Waals surface area contributed by atoms with Gasteiger partial charge in [-0.1, -0.05) is 38.1 Å². The molecule has 2 N–H and O–H groups in total. The maximum atomic E-state index is 12.1. The van der Waals surface area contributed by atoms with Gasteiger partial charge in [0, 0.05) is 25.0 Å². The predicted molar refractivity (Wildman–Crippen MR) is 75.5 cm³/mol. The van der Waals surface area contributed by atoms with Gasteiger partial charge < -0.3 is 15.3 Å². The Labute approximate surface area is 118 Å².